The molecule has 0 spiro atoms. The zero-order valence-corrected chi connectivity index (χ0v) is 15.5. The number of carbonyl (C=O) groups excluding carboxylic acids is 3. The number of hydrogen-bond acceptors (Lipinski definition) is 8. The molecule has 1 atom stereocenters. The smallest absolute Gasteiger partial charge is 0.347 e. The Kier molecular flexibility index (Phi) is 4.26. The lowest BCUT2D eigenvalue weighted by Crippen LogP contribution is -2.35. The number of rotatable bonds is 2. The summed E-state index contributed by atoms with van der Waals surface area (Å²) in [5.41, 5.74) is -0.218. The Morgan fingerprint density at radius 2 is 1.86 bits per heavy atom. The molecule has 1 heterocycles. The zero-order valence-electron chi connectivity index (χ0n) is 15.5. The topological polar surface area (TPSA) is 119 Å². The van der Waals surface area contributed by atoms with Crippen molar-refractivity contribution in [2.45, 2.75) is 19.4 Å². The van der Waals surface area contributed by atoms with Crippen LogP contribution >= 0.6 is 0 Å². The fourth-order valence-electron chi connectivity index (χ4n) is 3.63. The summed E-state index contributed by atoms with van der Waals surface area (Å²) in [6.07, 6.45) is -1.46. The Hall–Kier alpha value is -3.81. The van der Waals surface area contributed by atoms with E-state index < -0.39 is 29.8 Å². The first-order chi connectivity index (χ1) is 13.8. The molecule has 0 bridgehead atoms. The number of benzene rings is 3. The lowest BCUT2D eigenvalue weighted by Gasteiger charge is -2.25. The van der Waals surface area contributed by atoms with Crippen LogP contribution in [0.1, 0.15) is 22.8 Å². The molecule has 3 aromatic rings. The van der Waals surface area contributed by atoms with Gasteiger partial charge in [-0.15, -0.1) is 0 Å². The third-order valence-corrected chi connectivity index (χ3v) is 4.87. The van der Waals surface area contributed by atoms with Gasteiger partial charge in [-0.3, -0.25) is 4.79 Å². The van der Waals surface area contributed by atoms with Crippen molar-refractivity contribution in [3.8, 4) is 17.2 Å². The summed E-state index contributed by atoms with van der Waals surface area (Å²) in [7, 11) is 1.15. The summed E-state index contributed by atoms with van der Waals surface area (Å²) in [5.74, 6) is -3.12. The van der Waals surface area contributed by atoms with E-state index in [2.05, 4.69) is 4.74 Å². The number of phenolic OH excluding ortho intramolecular Hbond substituents is 2. The minimum atomic E-state index is -1.26. The van der Waals surface area contributed by atoms with Crippen LogP contribution in [0, 0.1) is 0 Å². The van der Waals surface area contributed by atoms with Crippen LogP contribution in [0.4, 0.5) is 0 Å². The first-order valence-electron chi connectivity index (χ1n) is 8.73. The molecule has 29 heavy (non-hydrogen) atoms. The molecule has 0 saturated carbocycles. The summed E-state index contributed by atoms with van der Waals surface area (Å²) in [5, 5.41) is 23.2. The molecule has 4 rings (SSSR count). The lowest BCUT2D eigenvalue weighted by atomic mass is 9.90. The van der Waals surface area contributed by atoms with Crippen molar-refractivity contribution in [1.29, 1.82) is 0 Å². The fourth-order valence-corrected chi connectivity index (χ4v) is 3.63. The number of hydrogen-bond donors (Lipinski definition) is 2. The maximum Gasteiger partial charge on any atom is 0.347 e. The molecule has 0 aromatic heterocycles. The minimum Gasteiger partial charge on any atom is -0.507 e. The zero-order chi connectivity index (χ0) is 20.9. The highest BCUT2D eigenvalue weighted by Gasteiger charge is 2.38. The number of methoxy groups -OCH3 is 1. The standard InChI is InChI=1S/C21H16O8/c1-9(22)28-19-11-6-4-3-5-10(11)7-12-15(19)17(23)13-8-14(20(25)27-2)29-21(26)16(13)18(12)24/h3-7,14,23-24H,8H2,1-2H3. The van der Waals surface area contributed by atoms with Crippen LogP contribution in [0.3, 0.4) is 0 Å². The molecule has 0 aliphatic carbocycles. The Bertz CT molecular complexity index is 1210. The predicted molar refractivity (Wildman–Crippen MR) is 101 cm³/mol. The van der Waals surface area contributed by atoms with Crippen molar-refractivity contribution in [2.75, 3.05) is 7.11 Å². The van der Waals surface area contributed by atoms with Gasteiger partial charge in [0.25, 0.3) is 0 Å². The molecule has 0 fully saturated rings. The van der Waals surface area contributed by atoms with Gasteiger partial charge in [0, 0.05) is 29.7 Å². The number of carbonyl (C=O) groups is 3. The largest absolute Gasteiger partial charge is 0.507 e. The third-order valence-electron chi connectivity index (χ3n) is 4.87. The van der Waals surface area contributed by atoms with Crippen LogP contribution in [-0.2, 0) is 25.5 Å². The van der Waals surface area contributed by atoms with Crippen molar-refractivity contribution in [2.24, 2.45) is 0 Å². The van der Waals surface area contributed by atoms with E-state index in [9.17, 15) is 24.6 Å². The second kappa shape index (κ2) is 6.66. The first-order valence-corrected chi connectivity index (χ1v) is 8.73. The van der Waals surface area contributed by atoms with Crippen molar-refractivity contribution in [3.63, 3.8) is 0 Å². The van der Waals surface area contributed by atoms with Gasteiger partial charge in [0.15, 0.2) is 0 Å². The van der Waals surface area contributed by atoms with Crippen molar-refractivity contribution in [1.82, 2.24) is 0 Å². The highest BCUT2D eigenvalue weighted by atomic mass is 16.6. The lowest BCUT2D eigenvalue weighted by molar-refractivity contribution is -0.151. The number of fused-ring (bicyclic) bond motifs is 3. The van der Waals surface area contributed by atoms with Gasteiger partial charge >= 0.3 is 17.9 Å². The van der Waals surface area contributed by atoms with Crippen LogP contribution in [0.15, 0.2) is 30.3 Å². The predicted octanol–water partition coefficient (Wildman–Crippen LogP) is 2.58. The van der Waals surface area contributed by atoms with E-state index in [0.29, 0.717) is 10.8 Å². The van der Waals surface area contributed by atoms with E-state index >= 15 is 0 Å². The van der Waals surface area contributed by atoms with Gasteiger partial charge in [-0.25, -0.2) is 9.59 Å². The van der Waals surface area contributed by atoms with Crippen molar-refractivity contribution >= 4 is 39.5 Å². The molecule has 1 unspecified atom stereocenters. The van der Waals surface area contributed by atoms with Gasteiger partial charge in [0.05, 0.1) is 12.5 Å². The average Bonchev–Trinajstić information content (AvgIpc) is 2.70. The summed E-state index contributed by atoms with van der Waals surface area (Å²) >= 11 is 0. The summed E-state index contributed by atoms with van der Waals surface area (Å²) in [6.45, 7) is 1.22. The normalized spacial score (nSPS) is 15.7. The van der Waals surface area contributed by atoms with Crippen LogP contribution in [0.5, 0.6) is 17.2 Å². The second-order valence-corrected chi connectivity index (χ2v) is 6.62. The Balaban J connectivity index is 2.11. The molecule has 0 amide bonds. The minimum absolute atomic E-state index is 0.0188. The van der Waals surface area contributed by atoms with Crippen molar-refractivity contribution in [3.05, 3.63) is 41.5 Å². The Morgan fingerprint density at radius 1 is 1.14 bits per heavy atom. The van der Waals surface area contributed by atoms with Crippen LogP contribution in [0.25, 0.3) is 21.5 Å². The van der Waals surface area contributed by atoms with Gasteiger partial charge in [0.2, 0.25) is 6.10 Å². The van der Waals surface area contributed by atoms with Gasteiger partial charge in [0.1, 0.15) is 22.8 Å². The highest BCUT2D eigenvalue weighted by Crippen LogP contribution is 2.48. The Morgan fingerprint density at radius 3 is 2.55 bits per heavy atom. The van der Waals surface area contributed by atoms with E-state index in [4.69, 9.17) is 9.47 Å². The van der Waals surface area contributed by atoms with Gasteiger partial charge in [-0.2, -0.15) is 0 Å². The van der Waals surface area contributed by atoms with E-state index in [0.717, 1.165) is 7.11 Å². The Labute approximate surface area is 164 Å². The SMILES string of the molecule is COC(=O)C1Cc2c(c(O)c3cc4ccccc4c(OC(C)=O)c3c2O)C(=O)O1. The van der Waals surface area contributed by atoms with E-state index in [1.54, 1.807) is 30.3 Å². The van der Waals surface area contributed by atoms with Gasteiger partial charge in [-0.05, 0) is 11.5 Å². The number of ether oxygens (including phenoxy) is 3. The van der Waals surface area contributed by atoms with Crippen LogP contribution in [-0.4, -0.2) is 41.3 Å². The molecule has 8 heteroatoms. The number of cyclic esters (lactones) is 1. The number of aromatic hydroxyl groups is 2. The number of phenols is 2. The highest BCUT2D eigenvalue weighted by molar-refractivity contribution is 6.15. The fraction of sp³-hybridized carbons (Fsp3) is 0.190. The van der Waals surface area contributed by atoms with Gasteiger partial charge in [-0.1, -0.05) is 24.3 Å². The first kappa shape index (κ1) is 18.5. The van der Waals surface area contributed by atoms with Crippen LogP contribution < -0.4 is 4.74 Å². The van der Waals surface area contributed by atoms with Crippen LogP contribution in [0.2, 0.25) is 0 Å². The molecule has 1 aliphatic heterocycles. The number of esters is 3. The molecule has 3 aromatic carbocycles. The average molecular weight is 396 g/mol. The molecular formula is C21H16O8. The molecule has 148 valence electrons. The quantitative estimate of drug-likeness (QED) is 0.294. The van der Waals surface area contributed by atoms with E-state index in [1.165, 1.54) is 6.92 Å². The molecule has 8 nitrogen and oxygen atoms in total. The maximum absolute atomic E-state index is 12.5. The van der Waals surface area contributed by atoms with Crippen molar-refractivity contribution < 1.29 is 38.8 Å². The third kappa shape index (κ3) is 2.80. The van der Waals surface area contributed by atoms with Gasteiger partial charge < -0.3 is 24.4 Å². The summed E-state index contributed by atoms with van der Waals surface area (Å²) in [6, 6.07) is 8.52. The summed E-state index contributed by atoms with van der Waals surface area (Å²) in [4.78, 5) is 36.0. The molecule has 1 aliphatic rings. The molecule has 0 radical (unpaired) electrons. The molecule has 2 N–H and O–H groups in total. The monoisotopic (exact) mass is 396 g/mol. The molecule has 0 saturated heterocycles. The second-order valence-electron chi connectivity index (χ2n) is 6.62. The summed E-state index contributed by atoms with van der Waals surface area (Å²) < 4.78 is 15.0. The molecular weight excluding hydrogens is 380 g/mol. The maximum atomic E-state index is 12.5. The van der Waals surface area contributed by atoms with E-state index in [-0.39, 0.29) is 39.8 Å². The van der Waals surface area contributed by atoms with E-state index in [1.807, 2.05) is 0 Å².